The summed E-state index contributed by atoms with van der Waals surface area (Å²) in [7, 11) is 1.30. The lowest BCUT2D eigenvalue weighted by molar-refractivity contribution is -0.163. The van der Waals surface area contributed by atoms with Crippen LogP contribution in [0.5, 0.6) is 0 Å². The van der Waals surface area contributed by atoms with E-state index in [0.29, 0.717) is 18.7 Å². The summed E-state index contributed by atoms with van der Waals surface area (Å²) in [6.07, 6.45) is -5.91. The molecule has 1 fully saturated rings. The number of benzene rings is 1. The van der Waals surface area contributed by atoms with Crippen LogP contribution in [0.2, 0.25) is 0 Å². The highest BCUT2D eigenvalue weighted by Crippen LogP contribution is 2.24. The Balaban J connectivity index is 2.00. The minimum atomic E-state index is -4.49. The Hall–Kier alpha value is -2.25. The van der Waals surface area contributed by atoms with E-state index in [0.717, 1.165) is 5.69 Å². The number of esters is 1. The van der Waals surface area contributed by atoms with E-state index < -0.39 is 24.5 Å². The third kappa shape index (κ3) is 4.39. The maximum absolute atomic E-state index is 12.4. The van der Waals surface area contributed by atoms with Gasteiger partial charge < -0.3 is 14.5 Å². The summed E-state index contributed by atoms with van der Waals surface area (Å²) in [5.74, 6) is -1.33. The van der Waals surface area contributed by atoms with Gasteiger partial charge in [-0.3, -0.25) is 4.79 Å². The quantitative estimate of drug-likeness (QED) is 0.791. The third-order valence-corrected chi connectivity index (χ3v) is 3.95. The molecule has 1 aliphatic heterocycles. The molecule has 0 aromatic heterocycles. The van der Waals surface area contributed by atoms with E-state index in [1.54, 1.807) is 31.2 Å². The smallest absolute Gasteiger partial charge is 0.397 e. The van der Waals surface area contributed by atoms with E-state index in [9.17, 15) is 22.8 Å². The molecule has 1 aliphatic rings. The summed E-state index contributed by atoms with van der Waals surface area (Å²) in [5.41, 5.74) is 1.27. The summed E-state index contributed by atoms with van der Waals surface area (Å²) in [6, 6.07) is 6.45. The van der Waals surface area contributed by atoms with Gasteiger partial charge in [0.25, 0.3) is 0 Å². The number of carbonyl (C=O) groups is 2. The molecule has 0 saturated carbocycles. The van der Waals surface area contributed by atoms with Gasteiger partial charge in [0.1, 0.15) is 6.42 Å². The first-order chi connectivity index (χ1) is 11.2. The predicted molar refractivity (Wildman–Crippen MR) is 81.8 cm³/mol. The fourth-order valence-electron chi connectivity index (χ4n) is 2.76. The second kappa shape index (κ2) is 7.11. The van der Waals surface area contributed by atoms with Crippen LogP contribution in [0.25, 0.3) is 0 Å². The van der Waals surface area contributed by atoms with Crippen LogP contribution in [0.3, 0.4) is 0 Å². The number of ether oxygens (including phenoxy) is 1. The molecule has 0 bridgehead atoms. The molecule has 1 heterocycles. The lowest BCUT2D eigenvalue weighted by atomic mass is 10.1. The first-order valence-electron chi connectivity index (χ1n) is 7.51. The second-order valence-electron chi connectivity index (χ2n) is 5.71. The highest BCUT2D eigenvalue weighted by atomic mass is 19.4. The number of piperazine rings is 1. The van der Waals surface area contributed by atoms with Gasteiger partial charge in [-0.2, -0.15) is 13.2 Å². The van der Waals surface area contributed by atoms with Crippen molar-refractivity contribution in [2.24, 2.45) is 0 Å². The molecular weight excluding hydrogens is 325 g/mol. The van der Waals surface area contributed by atoms with Crippen molar-refractivity contribution in [3.05, 3.63) is 29.8 Å². The zero-order valence-electron chi connectivity index (χ0n) is 13.5. The number of alkyl halides is 3. The van der Waals surface area contributed by atoms with Crippen molar-refractivity contribution in [1.29, 1.82) is 0 Å². The van der Waals surface area contributed by atoms with E-state index in [1.807, 2.05) is 4.90 Å². The van der Waals surface area contributed by atoms with Crippen molar-refractivity contribution in [3.63, 3.8) is 0 Å². The Morgan fingerprint density at radius 1 is 1.21 bits per heavy atom. The van der Waals surface area contributed by atoms with Gasteiger partial charge in [-0.15, -0.1) is 0 Å². The van der Waals surface area contributed by atoms with Gasteiger partial charge in [0.05, 0.1) is 12.7 Å². The van der Waals surface area contributed by atoms with E-state index in [-0.39, 0.29) is 12.6 Å². The molecule has 5 nitrogen and oxygen atoms in total. The molecule has 1 amide bonds. The molecule has 8 heteroatoms. The van der Waals surface area contributed by atoms with Crippen molar-refractivity contribution in [2.45, 2.75) is 25.6 Å². The summed E-state index contributed by atoms with van der Waals surface area (Å²) < 4.78 is 41.7. The first-order valence-corrected chi connectivity index (χ1v) is 7.51. The minimum absolute atomic E-state index is 0.231. The Bertz CT molecular complexity index is 602. The van der Waals surface area contributed by atoms with E-state index in [1.165, 1.54) is 12.0 Å². The van der Waals surface area contributed by atoms with Crippen LogP contribution < -0.4 is 4.90 Å². The molecule has 24 heavy (non-hydrogen) atoms. The largest absolute Gasteiger partial charge is 0.465 e. The average Bonchev–Trinajstić information content (AvgIpc) is 2.52. The third-order valence-electron chi connectivity index (χ3n) is 3.95. The maximum atomic E-state index is 12.4. The van der Waals surface area contributed by atoms with Crippen LogP contribution in [0.15, 0.2) is 24.3 Å². The number of hydrogen-bond donors (Lipinski definition) is 0. The second-order valence-corrected chi connectivity index (χ2v) is 5.71. The number of amides is 1. The van der Waals surface area contributed by atoms with E-state index in [4.69, 9.17) is 0 Å². The highest BCUT2D eigenvalue weighted by molar-refractivity contribution is 5.89. The number of hydrogen-bond acceptors (Lipinski definition) is 4. The highest BCUT2D eigenvalue weighted by Gasteiger charge is 2.36. The molecule has 0 N–H and O–H groups in total. The molecule has 0 unspecified atom stereocenters. The zero-order chi connectivity index (χ0) is 17.9. The minimum Gasteiger partial charge on any atom is -0.465 e. The monoisotopic (exact) mass is 344 g/mol. The van der Waals surface area contributed by atoms with Gasteiger partial charge in [0, 0.05) is 31.4 Å². The van der Waals surface area contributed by atoms with E-state index >= 15 is 0 Å². The normalized spacial score (nSPS) is 18.5. The molecular formula is C16H19F3N2O3. The molecule has 1 saturated heterocycles. The fourth-order valence-corrected chi connectivity index (χ4v) is 2.76. The predicted octanol–water partition coefficient (Wildman–Crippen LogP) is 2.46. The molecule has 0 spiro atoms. The zero-order valence-corrected chi connectivity index (χ0v) is 13.5. The molecule has 1 aromatic rings. The van der Waals surface area contributed by atoms with Crippen molar-refractivity contribution in [3.8, 4) is 0 Å². The van der Waals surface area contributed by atoms with Gasteiger partial charge in [-0.05, 0) is 31.2 Å². The number of carbonyl (C=O) groups excluding carboxylic acids is 2. The summed E-state index contributed by atoms with van der Waals surface area (Å²) in [6.45, 7) is 2.82. The average molecular weight is 344 g/mol. The van der Waals surface area contributed by atoms with Gasteiger partial charge in [-0.1, -0.05) is 0 Å². The fraction of sp³-hybridized carbons (Fsp3) is 0.500. The van der Waals surface area contributed by atoms with Gasteiger partial charge in [0.15, 0.2) is 0 Å². The van der Waals surface area contributed by atoms with Crippen LogP contribution in [-0.4, -0.2) is 55.7 Å². The molecule has 0 radical (unpaired) electrons. The molecule has 0 aliphatic carbocycles. The Labute approximate surface area is 138 Å². The van der Waals surface area contributed by atoms with Gasteiger partial charge in [0.2, 0.25) is 5.91 Å². The lowest BCUT2D eigenvalue weighted by Gasteiger charge is -2.41. The Morgan fingerprint density at radius 2 is 1.83 bits per heavy atom. The van der Waals surface area contributed by atoms with Crippen LogP contribution >= 0.6 is 0 Å². The lowest BCUT2D eigenvalue weighted by Crippen LogP contribution is -2.54. The standard InChI is InChI=1S/C16H19F3N2O3/c1-11-10-20(7-8-21(11)14(22)9-16(17,18)19)13-5-3-12(4-6-13)15(23)24-2/h3-6,11H,7-10H2,1-2H3/t11-/m0/s1. The number of halogens is 3. The van der Waals surface area contributed by atoms with Crippen LogP contribution in [0.1, 0.15) is 23.7 Å². The summed E-state index contributed by atoms with van der Waals surface area (Å²) in [4.78, 5) is 26.4. The SMILES string of the molecule is COC(=O)c1ccc(N2CCN(C(=O)CC(F)(F)F)[C@@H](C)C2)cc1. The molecule has 132 valence electrons. The number of nitrogens with zero attached hydrogens (tertiary/aromatic N) is 2. The summed E-state index contributed by atoms with van der Waals surface area (Å²) in [5, 5.41) is 0. The number of anilines is 1. The Kier molecular flexibility index (Phi) is 5.36. The van der Waals surface area contributed by atoms with Gasteiger partial charge >= 0.3 is 12.1 Å². The number of rotatable bonds is 3. The van der Waals surface area contributed by atoms with Crippen LogP contribution in [0.4, 0.5) is 18.9 Å². The number of methoxy groups -OCH3 is 1. The Morgan fingerprint density at radius 3 is 2.33 bits per heavy atom. The molecule has 2 rings (SSSR count). The molecule has 1 aromatic carbocycles. The van der Waals surface area contributed by atoms with Crippen LogP contribution in [0, 0.1) is 0 Å². The first kappa shape index (κ1) is 18.1. The van der Waals surface area contributed by atoms with E-state index in [2.05, 4.69) is 4.74 Å². The topological polar surface area (TPSA) is 49.9 Å². The van der Waals surface area contributed by atoms with Crippen LogP contribution in [-0.2, 0) is 9.53 Å². The van der Waals surface area contributed by atoms with Crippen molar-refractivity contribution in [1.82, 2.24) is 4.90 Å². The summed E-state index contributed by atoms with van der Waals surface area (Å²) >= 11 is 0. The maximum Gasteiger partial charge on any atom is 0.397 e. The molecule has 1 atom stereocenters. The van der Waals surface area contributed by atoms with Crippen molar-refractivity contribution in [2.75, 3.05) is 31.6 Å². The van der Waals surface area contributed by atoms with Gasteiger partial charge in [-0.25, -0.2) is 4.79 Å². The van der Waals surface area contributed by atoms with Crippen molar-refractivity contribution < 1.29 is 27.5 Å². The van der Waals surface area contributed by atoms with Crippen molar-refractivity contribution >= 4 is 17.6 Å².